The zero-order valence-electron chi connectivity index (χ0n) is 19.2. The summed E-state index contributed by atoms with van der Waals surface area (Å²) in [7, 11) is 3.19. The van der Waals surface area contributed by atoms with Gasteiger partial charge in [0.05, 0.1) is 35.6 Å². The maximum atomic E-state index is 12.3. The van der Waals surface area contributed by atoms with Crippen LogP contribution in [0, 0.1) is 0 Å². The van der Waals surface area contributed by atoms with E-state index in [-0.39, 0.29) is 25.7 Å². The average molecular weight is 450 g/mol. The van der Waals surface area contributed by atoms with Crippen LogP contribution in [0.1, 0.15) is 68.7 Å². The molecule has 2 aliphatic rings. The Morgan fingerprint density at radius 2 is 1.91 bits per heavy atom. The SMILES string of the molecule is CN(CCCF)C(=O)OC/C(=C(/N)c1ccc(OC2CCCCC2)c(C2CC2)n1)N(C)N. The summed E-state index contributed by atoms with van der Waals surface area (Å²) in [5.41, 5.74) is 8.71. The second-order valence-electron chi connectivity index (χ2n) is 8.72. The summed E-state index contributed by atoms with van der Waals surface area (Å²) in [5, 5.41) is 1.33. The molecule has 0 spiro atoms. The molecule has 1 heterocycles. The van der Waals surface area contributed by atoms with Crippen LogP contribution >= 0.6 is 0 Å². The van der Waals surface area contributed by atoms with Gasteiger partial charge in [0, 0.05) is 26.6 Å². The number of nitrogens with zero attached hydrogens (tertiary/aromatic N) is 3. The lowest BCUT2D eigenvalue weighted by molar-refractivity contribution is 0.112. The van der Waals surface area contributed by atoms with E-state index in [9.17, 15) is 9.18 Å². The normalized spacial score (nSPS) is 17.5. The number of hydrogen-bond donors (Lipinski definition) is 2. The van der Waals surface area contributed by atoms with Gasteiger partial charge in [-0.25, -0.2) is 15.6 Å². The third-order valence-electron chi connectivity index (χ3n) is 5.98. The second-order valence-corrected chi connectivity index (χ2v) is 8.72. The van der Waals surface area contributed by atoms with E-state index in [1.54, 1.807) is 14.1 Å². The third kappa shape index (κ3) is 6.48. The van der Waals surface area contributed by atoms with Crippen molar-refractivity contribution in [3.05, 3.63) is 29.2 Å². The molecule has 2 fully saturated rings. The quantitative estimate of drug-likeness (QED) is 0.416. The maximum Gasteiger partial charge on any atom is 0.409 e. The monoisotopic (exact) mass is 449 g/mol. The van der Waals surface area contributed by atoms with E-state index in [1.807, 2.05) is 12.1 Å². The molecule has 4 N–H and O–H groups in total. The summed E-state index contributed by atoms with van der Waals surface area (Å²) < 4.78 is 24.0. The highest BCUT2D eigenvalue weighted by Gasteiger charge is 2.30. The number of pyridine rings is 1. The predicted molar refractivity (Wildman–Crippen MR) is 121 cm³/mol. The highest BCUT2D eigenvalue weighted by Crippen LogP contribution is 2.44. The Balaban J connectivity index is 1.75. The first kappa shape index (κ1) is 24.1. The molecule has 2 aliphatic carbocycles. The van der Waals surface area contributed by atoms with E-state index in [4.69, 9.17) is 26.0 Å². The number of hydrogen-bond acceptors (Lipinski definition) is 7. The summed E-state index contributed by atoms with van der Waals surface area (Å²) in [6, 6.07) is 3.78. The van der Waals surface area contributed by atoms with Crippen molar-refractivity contribution in [2.45, 2.75) is 63.4 Å². The van der Waals surface area contributed by atoms with Crippen molar-refractivity contribution in [1.82, 2.24) is 14.9 Å². The minimum atomic E-state index is -0.562. The zero-order chi connectivity index (χ0) is 23.1. The Bertz CT molecular complexity index is 807. The van der Waals surface area contributed by atoms with E-state index in [0.717, 1.165) is 37.1 Å². The molecule has 0 saturated heterocycles. The van der Waals surface area contributed by atoms with Crippen molar-refractivity contribution < 1.29 is 18.7 Å². The number of alkyl halides is 1. The van der Waals surface area contributed by atoms with Crippen LogP contribution < -0.4 is 16.3 Å². The highest BCUT2D eigenvalue weighted by atomic mass is 19.1. The molecule has 0 aliphatic heterocycles. The molecule has 32 heavy (non-hydrogen) atoms. The summed E-state index contributed by atoms with van der Waals surface area (Å²) in [6.45, 7) is -0.327. The summed E-state index contributed by atoms with van der Waals surface area (Å²) in [4.78, 5) is 18.3. The third-order valence-corrected chi connectivity index (χ3v) is 5.98. The first-order chi connectivity index (χ1) is 15.4. The van der Waals surface area contributed by atoms with Gasteiger partial charge in [-0.15, -0.1) is 0 Å². The first-order valence-electron chi connectivity index (χ1n) is 11.5. The van der Waals surface area contributed by atoms with Crippen LogP contribution in [0.5, 0.6) is 5.75 Å². The molecule has 178 valence electrons. The van der Waals surface area contributed by atoms with Crippen LogP contribution in [0.25, 0.3) is 5.70 Å². The van der Waals surface area contributed by atoms with Gasteiger partial charge in [0.15, 0.2) is 0 Å². The average Bonchev–Trinajstić information content (AvgIpc) is 3.63. The van der Waals surface area contributed by atoms with Crippen LogP contribution in [-0.2, 0) is 4.74 Å². The first-order valence-corrected chi connectivity index (χ1v) is 11.5. The summed E-state index contributed by atoms with van der Waals surface area (Å²) >= 11 is 0. The van der Waals surface area contributed by atoms with E-state index in [0.29, 0.717) is 23.0 Å². The smallest absolute Gasteiger partial charge is 0.409 e. The van der Waals surface area contributed by atoms with Gasteiger partial charge in [-0.2, -0.15) is 0 Å². The van der Waals surface area contributed by atoms with Crippen LogP contribution in [0.4, 0.5) is 9.18 Å². The van der Waals surface area contributed by atoms with Crippen LogP contribution in [-0.4, -0.2) is 61.0 Å². The minimum Gasteiger partial charge on any atom is -0.489 e. The molecule has 0 aromatic carbocycles. The van der Waals surface area contributed by atoms with Crippen molar-refractivity contribution in [3.63, 3.8) is 0 Å². The second kappa shape index (κ2) is 11.4. The molecule has 9 heteroatoms. The maximum absolute atomic E-state index is 12.3. The minimum absolute atomic E-state index is 0.113. The molecule has 0 bridgehead atoms. The lowest BCUT2D eigenvalue weighted by atomic mass is 9.98. The predicted octanol–water partition coefficient (Wildman–Crippen LogP) is 3.53. The summed E-state index contributed by atoms with van der Waals surface area (Å²) in [6.07, 6.45) is 7.99. The number of ether oxygens (including phenoxy) is 2. The standard InChI is InChI=1S/C23H36FN5O3/c1-28(14-6-13-24)23(30)31-15-19(29(2)26)21(25)18-11-12-20(22(27-18)16-9-10-16)32-17-7-4-3-5-8-17/h11-12,16-17H,3-10,13-15,25-26H2,1-2H3/b21-19-. The molecule has 0 unspecified atom stereocenters. The Hall–Kier alpha value is -2.55. The fourth-order valence-corrected chi connectivity index (χ4v) is 3.87. The molecular weight excluding hydrogens is 413 g/mol. The van der Waals surface area contributed by atoms with Gasteiger partial charge in [0.1, 0.15) is 12.4 Å². The zero-order valence-corrected chi connectivity index (χ0v) is 19.2. The number of rotatable bonds is 10. The number of hydrazine groups is 1. The van der Waals surface area contributed by atoms with Crippen LogP contribution in [0.2, 0.25) is 0 Å². The Morgan fingerprint density at radius 3 is 2.53 bits per heavy atom. The fraction of sp³-hybridized carbons (Fsp3) is 0.652. The molecule has 0 atom stereocenters. The van der Waals surface area contributed by atoms with E-state index >= 15 is 0 Å². The fourth-order valence-electron chi connectivity index (χ4n) is 3.87. The molecule has 1 aromatic rings. The number of carbonyl (C=O) groups is 1. The van der Waals surface area contributed by atoms with Gasteiger partial charge in [-0.05, 0) is 57.1 Å². The van der Waals surface area contributed by atoms with Gasteiger partial charge >= 0.3 is 6.09 Å². The van der Waals surface area contributed by atoms with Crippen molar-refractivity contribution in [2.75, 3.05) is 33.9 Å². The molecule has 1 amide bonds. The Labute approximate surface area is 189 Å². The molecule has 1 aromatic heterocycles. The Morgan fingerprint density at radius 1 is 1.19 bits per heavy atom. The van der Waals surface area contributed by atoms with Gasteiger partial charge in [0.25, 0.3) is 0 Å². The highest BCUT2D eigenvalue weighted by molar-refractivity contribution is 5.68. The molecule has 0 radical (unpaired) electrons. The Kier molecular flexibility index (Phi) is 8.55. The molecule has 3 rings (SSSR count). The largest absolute Gasteiger partial charge is 0.489 e. The van der Waals surface area contributed by atoms with Gasteiger partial charge < -0.3 is 25.1 Å². The molecular formula is C23H36FN5O3. The van der Waals surface area contributed by atoms with Gasteiger partial charge in [-0.1, -0.05) is 6.42 Å². The number of nitrogens with two attached hydrogens (primary N) is 2. The number of aromatic nitrogens is 1. The lowest BCUT2D eigenvalue weighted by Crippen LogP contribution is -2.34. The van der Waals surface area contributed by atoms with E-state index < -0.39 is 12.8 Å². The number of amides is 1. The van der Waals surface area contributed by atoms with Crippen LogP contribution in [0.15, 0.2) is 17.8 Å². The van der Waals surface area contributed by atoms with Crippen molar-refractivity contribution in [1.29, 1.82) is 0 Å². The molecule has 2 saturated carbocycles. The lowest BCUT2D eigenvalue weighted by Gasteiger charge is -2.25. The number of likely N-dealkylation sites (N-methyl/N-ethyl adjacent to an activating group) is 1. The van der Waals surface area contributed by atoms with E-state index in [2.05, 4.69) is 0 Å². The van der Waals surface area contributed by atoms with Crippen LogP contribution in [0.3, 0.4) is 0 Å². The van der Waals surface area contributed by atoms with Crippen molar-refractivity contribution >= 4 is 11.8 Å². The topological polar surface area (TPSA) is 107 Å². The van der Waals surface area contributed by atoms with Gasteiger partial charge in [-0.3, -0.25) is 4.39 Å². The summed E-state index contributed by atoms with van der Waals surface area (Å²) in [5.74, 6) is 7.21. The molecule has 8 nitrogen and oxygen atoms in total. The van der Waals surface area contributed by atoms with Crippen molar-refractivity contribution in [2.24, 2.45) is 11.6 Å². The number of halogens is 1. The van der Waals surface area contributed by atoms with Gasteiger partial charge in [0.2, 0.25) is 0 Å². The van der Waals surface area contributed by atoms with Crippen molar-refractivity contribution in [3.8, 4) is 5.75 Å². The number of carbonyl (C=O) groups excluding carboxylic acids is 1. The van der Waals surface area contributed by atoms with E-state index in [1.165, 1.54) is 29.2 Å².